The molecule has 0 atom stereocenters. The zero-order chi connectivity index (χ0) is 24.5. The average molecular weight is 457 g/mol. The van der Waals surface area contributed by atoms with Crippen molar-refractivity contribution in [2.24, 2.45) is 0 Å². The predicted octanol–water partition coefficient (Wildman–Crippen LogP) is 9.05. The van der Waals surface area contributed by atoms with Gasteiger partial charge in [-0.3, -0.25) is 0 Å². The molecule has 2 nitrogen and oxygen atoms in total. The van der Waals surface area contributed by atoms with Crippen LogP contribution in [0.5, 0.6) is 0 Å². The molecule has 0 heterocycles. The Hall–Kier alpha value is -2.74. The van der Waals surface area contributed by atoms with Gasteiger partial charge in [0.25, 0.3) is 0 Å². The van der Waals surface area contributed by atoms with E-state index in [1.807, 2.05) is 12.1 Å². The number of hydrogen-bond donors (Lipinski definition) is 2. The van der Waals surface area contributed by atoms with Gasteiger partial charge in [0.15, 0.2) is 0 Å². The molecule has 0 aliphatic carbocycles. The van der Waals surface area contributed by atoms with Crippen molar-refractivity contribution in [1.29, 1.82) is 0 Å². The molecule has 0 saturated carbocycles. The van der Waals surface area contributed by atoms with Crippen LogP contribution in [0.2, 0.25) is 0 Å². The Morgan fingerprint density at radius 3 is 1.26 bits per heavy atom. The number of unbranched alkanes of at least 4 members (excludes halogenated alkanes) is 6. The zero-order valence-electron chi connectivity index (χ0n) is 21.8. The molecule has 3 aromatic carbocycles. The third-order valence-electron chi connectivity index (χ3n) is 7.01. The Morgan fingerprint density at radius 1 is 0.500 bits per heavy atom. The van der Waals surface area contributed by atoms with Gasteiger partial charge in [-0.1, -0.05) is 76.6 Å². The number of rotatable bonds is 12. The van der Waals surface area contributed by atoms with Crippen LogP contribution < -0.4 is 11.5 Å². The summed E-state index contributed by atoms with van der Waals surface area (Å²) in [5.41, 5.74) is 24.7. The van der Waals surface area contributed by atoms with E-state index in [-0.39, 0.29) is 0 Å². The molecule has 0 aliphatic heterocycles. The summed E-state index contributed by atoms with van der Waals surface area (Å²) in [5.74, 6) is 0. The minimum Gasteiger partial charge on any atom is -0.399 e. The van der Waals surface area contributed by atoms with Gasteiger partial charge in [-0.25, -0.2) is 0 Å². The number of nitrogens with two attached hydrogens (primary N) is 2. The van der Waals surface area contributed by atoms with Crippen LogP contribution in [-0.2, 0) is 12.8 Å². The zero-order valence-corrected chi connectivity index (χ0v) is 21.8. The lowest BCUT2D eigenvalue weighted by Crippen LogP contribution is -2.01. The second-order valence-corrected chi connectivity index (χ2v) is 9.94. The van der Waals surface area contributed by atoms with E-state index in [0.29, 0.717) is 0 Å². The SMILES string of the molecule is CCCCCCc1cc(-c2ccc(N)cc2C)c(CCCCCC)cc1-c1ccc(N)cc1C. The lowest BCUT2D eigenvalue weighted by molar-refractivity contribution is 0.664. The fourth-order valence-electron chi connectivity index (χ4n) is 5.07. The monoisotopic (exact) mass is 456 g/mol. The smallest absolute Gasteiger partial charge is 0.0317 e. The van der Waals surface area contributed by atoms with E-state index in [1.54, 1.807) is 0 Å². The van der Waals surface area contributed by atoms with E-state index in [9.17, 15) is 0 Å². The van der Waals surface area contributed by atoms with Gasteiger partial charge in [-0.05, 0) is 108 Å². The van der Waals surface area contributed by atoms with Crippen LogP contribution in [0.4, 0.5) is 11.4 Å². The van der Waals surface area contributed by atoms with Crippen molar-refractivity contribution in [3.05, 3.63) is 70.8 Å². The van der Waals surface area contributed by atoms with Gasteiger partial charge < -0.3 is 11.5 Å². The highest BCUT2D eigenvalue weighted by Crippen LogP contribution is 2.37. The molecule has 0 fully saturated rings. The molecule has 0 saturated heterocycles. The highest BCUT2D eigenvalue weighted by molar-refractivity contribution is 5.80. The maximum Gasteiger partial charge on any atom is 0.0317 e. The maximum absolute atomic E-state index is 6.10. The van der Waals surface area contributed by atoms with Gasteiger partial charge in [0.2, 0.25) is 0 Å². The summed E-state index contributed by atoms with van der Waals surface area (Å²) in [6.07, 6.45) is 12.4. The van der Waals surface area contributed by atoms with Crippen molar-refractivity contribution < 1.29 is 0 Å². The van der Waals surface area contributed by atoms with E-state index in [2.05, 4.69) is 64.1 Å². The van der Waals surface area contributed by atoms with Crippen LogP contribution in [0.25, 0.3) is 22.3 Å². The molecule has 3 rings (SSSR count). The van der Waals surface area contributed by atoms with Gasteiger partial charge in [0.1, 0.15) is 0 Å². The maximum atomic E-state index is 6.10. The highest BCUT2D eigenvalue weighted by atomic mass is 14.5. The fraction of sp³-hybridized carbons (Fsp3) is 0.438. The standard InChI is InChI=1S/C32H44N2/c1-5-7-9-11-13-25-21-32(30-18-16-28(34)20-24(30)4)26(14-12-10-8-6-2)22-31(25)29-17-15-27(33)19-23(29)3/h15-22H,5-14,33-34H2,1-4H3. The minimum absolute atomic E-state index is 0.833. The lowest BCUT2D eigenvalue weighted by Gasteiger charge is -2.20. The summed E-state index contributed by atoms with van der Waals surface area (Å²) in [5, 5.41) is 0. The third-order valence-corrected chi connectivity index (χ3v) is 7.01. The first-order chi connectivity index (χ1) is 16.4. The summed E-state index contributed by atoms with van der Waals surface area (Å²) in [4.78, 5) is 0. The number of anilines is 2. The minimum atomic E-state index is 0.833. The second-order valence-electron chi connectivity index (χ2n) is 9.94. The molecule has 34 heavy (non-hydrogen) atoms. The third kappa shape index (κ3) is 6.65. The molecule has 0 radical (unpaired) electrons. The molecule has 0 unspecified atom stereocenters. The number of nitrogen functional groups attached to an aromatic ring is 2. The predicted molar refractivity (Wildman–Crippen MR) is 151 cm³/mol. The van der Waals surface area contributed by atoms with E-state index >= 15 is 0 Å². The van der Waals surface area contributed by atoms with Crippen LogP contribution in [0.3, 0.4) is 0 Å². The van der Waals surface area contributed by atoms with Crippen LogP contribution >= 0.6 is 0 Å². The summed E-state index contributed by atoms with van der Waals surface area (Å²) >= 11 is 0. The lowest BCUT2D eigenvalue weighted by atomic mass is 9.85. The molecule has 0 aliphatic rings. The first kappa shape index (κ1) is 25.9. The molecular weight excluding hydrogens is 412 g/mol. The molecule has 4 N–H and O–H groups in total. The van der Waals surface area contributed by atoms with Crippen LogP contribution in [-0.4, -0.2) is 0 Å². The van der Waals surface area contributed by atoms with Crippen LogP contribution in [0.15, 0.2) is 48.5 Å². The quantitative estimate of drug-likeness (QED) is 0.211. The average Bonchev–Trinajstić information content (AvgIpc) is 2.80. The van der Waals surface area contributed by atoms with E-state index in [0.717, 1.165) is 24.2 Å². The molecule has 0 spiro atoms. The van der Waals surface area contributed by atoms with Crippen molar-refractivity contribution in [3.8, 4) is 22.3 Å². The largest absolute Gasteiger partial charge is 0.399 e. The number of hydrogen-bond acceptors (Lipinski definition) is 2. The summed E-state index contributed by atoms with van der Waals surface area (Å²) in [6.45, 7) is 8.92. The van der Waals surface area contributed by atoms with E-state index in [1.165, 1.54) is 95.9 Å². The van der Waals surface area contributed by atoms with Gasteiger partial charge in [0, 0.05) is 11.4 Å². The molecule has 0 bridgehead atoms. The normalized spacial score (nSPS) is 11.2. The summed E-state index contributed by atoms with van der Waals surface area (Å²) in [7, 11) is 0. The Kier molecular flexibility index (Phi) is 9.62. The Balaban J connectivity index is 2.13. The summed E-state index contributed by atoms with van der Waals surface area (Å²) in [6, 6.07) is 17.7. The van der Waals surface area contributed by atoms with Crippen LogP contribution in [0.1, 0.15) is 87.5 Å². The summed E-state index contributed by atoms with van der Waals surface area (Å²) < 4.78 is 0. The Bertz CT molecular complexity index is 993. The van der Waals surface area contributed by atoms with Gasteiger partial charge in [0.05, 0.1) is 0 Å². The molecule has 2 heteroatoms. The molecular formula is C32H44N2. The highest BCUT2D eigenvalue weighted by Gasteiger charge is 2.16. The topological polar surface area (TPSA) is 52.0 Å². The first-order valence-electron chi connectivity index (χ1n) is 13.3. The second kappa shape index (κ2) is 12.6. The molecule has 3 aromatic rings. The van der Waals surface area contributed by atoms with E-state index in [4.69, 9.17) is 11.5 Å². The molecule has 0 amide bonds. The Labute approximate surface area is 207 Å². The van der Waals surface area contributed by atoms with Gasteiger partial charge >= 0.3 is 0 Å². The van der Waals surface area contributed by atoms with Gasteiger partial charge in [-0.15, -0.1) is 0 Å². The van der Waals surface area contributed by atoms with Crippen LogP contribution in [0, 0.1) is 13.8 Å². The number of aryl methyl sites for hydroxylation is 4. The molecule has 182 valence electrons. The van der Waals surface area contributed by atoms with Crippen molar-refractivity contribution >= 4 is 11.4 Å². The molecule has 0 aromatic heterocycles. The Morgan fingerprint density at radius 2 is 0.912 bits per heavy atom. The van der Waals surface area contributed by atoms with Crippen molar-refractivity contribution in [2.75, 3.05) is 11.5 Å². The van der Waals surface area contributed by atoms with Crippen molar-refractivity contribution in [3.63, 3.8) is 0 Å². The van der Waals surface area contributed by atoms with Crippen molar-refractivity contribution in [2.45, 2.75) is 91.9 Å². The van der Waals surface area contributed by atoms with E-state index < -0.39 is 0 Å². The van der Waals surface area contributed by atoms with Crippen molar-refractivity contribution in [1.82, 2.24) is 0 Å². The fourth-order valence-corrected chi connectivity index (χ4v) is 5.07. The first-order valence-corrected chi connectivity index (χ1v) is 13.3. The van der Waals surface area contributed by atoms with Gasteiger partial charge in [-0.2, -0.15) is 0 Å². The number of benzene rings is 3.